The van der Waals surface area contributed by atoms with E-state index in [4.69, 9.17) is 9.40 Å². The second-order valence-electron chi connectivity index (χ2n) is 6.87. The monoisotopic (exact) mass is 399 g/mol. The number of hydrogen-bond donors (Lipinski definition) is 2. The number of quaternary nitrogens is 1. The zero-order valence-electron chi connectivity index (χ0n) is 15.5. The number of rotatable bonds is 6. The topological polar surface area (TPSA) is 79.9 Å². The van der Waals surface area contributed by atoms with Crippen LogP contribution in [0.4, 0.5) is 0 Å². The molecule has 0 bridgehead atoms. The van der Waals surface area contributed by atoms with Crippen molar-refractivity contribution in [1.82, 2.24) is 15.2 Å². The van der Waals surface area contributed by atoms with Gasteiger partial charge in [0.2, 0.25) is 5.91 Å². The van der Waals surface area contributed by atoms with Crippen molar-refractivity contribution in [2.75, 3.05) is 32.7 Å². The van der Waals surface area contributed by atoms with Gasteiger partial charge in [0.1, 0.15) is 11.6 Å². The van der Waals surface area contributed by atoms with Crippen LogP contribution in [0, 0.1) is 0 Å². The lowest BCUT2D eigenvalue weighted by molar-refractivity contribution is -0.917. The molecule has 146 valence electrons. The number of nitrogens with zero attached hydrogens (tertiary/aromatic N) is 2. The Morgan fingerprint density at radius 2 is 2.00 bits per heavy atom. The summed E-state index contributed by atoms with van der Waals surface area (Å²) in [6.07, 6.45) is 1.76. The zero-order chi connectivity index (χ0) is 19.3. The Labute approximate surface area is 166 Å². The summed E-state index contributed by atoms with van der Waals surface area (Å²) in [4.78, 5) is 32.2. The molecular formula is C20H23N4O3S+. The highest BCUT2D eigenvalue weighted by Gasteiger charge is 2.24. The van der Waals surface area contributed by atoms with Crippen LogP contribution >= 0.6 is 11.3 Å². The van der Waals surface area contributed by atoms with Gasteiger partial charge in [-0.1, -0.05) is 12.1 Å². The molecular weight excluding hydrogens is 376 g/mol. The summed E-state index contributed by atoms with van der Waals surface area (Å²) in [5.74, 6) is 0.0567. The Hall–Kier alpha value is -2.71. The van der Waals surface area contributed by atoms with Gasteiger partial charge < -0.3 is 19.5 Å². The molecule has 1 aromatic carbocycles. The van der Waals surface area contributed by atoms with E-state index >= 15 is 0 Å². The molecule has 7 nitrogen and oxygen atoms in total. The first kappa shape index (κ1) is 18.6. The molecule has 0 saturated carbocycles. The maximum atomic E-state index is 12.4. The van der Waals surface area contributed by atoms with Crippen LogP contribution in [0.3, 0.4) is 0 Å². The smallest absolute Gasteiger partial charge is 0.286 e. The number of furan rings is 1. The number of aromatic nitrogens is 1. The third-order valence-electron chi connectivity index (χ3n) is 4.93. The van der Waals surface area contributed by atoms with Gasteiger partial charge in [0, 0.05) is 13.0 Å². The number of benzene rings is 1. The molecule has 2 aromatic heterocycles. The first-order valence-corrected chi connectivity index (χ1v) is 10.3. The van der Waals surface area contributed by atoms with Crippen LogP contribution in [0.1, 0.15) is 22.0 Å². The summed E-state index contributed by atoms with van der Waals surface area (Å²) in [6, 6.07) is 11.5. The lowest BCUT2D eigenvalue weighted by Gasteiger charge is -2.31. The van der Waals surface area contributed by atoms with Crippen LogP contribution in [0.25, 0.3) is 10.2 Å². The number of thiazole rings is 1. The van der Waals surface area contributed by atoms with Crippen LogP contribution < -0.4 is 10.2 Å². The number of piperazine rings is 1. The van der Waals surface area contributed by atoms with E-state index in [1.807, 2.05) is 23.1 Å². The van der Waals surface area contributed by atoms with Crippen molar-refractivity contribution in [2.45, 2.75) is 13.0 Å². The van der Waals surface area contributed by atoms with E-state index in [1.165, 1.54) is 15.9 Å². The number of nitrogens with one attached hydrogen (secondary N) is 2. The Bertz CT molecular complexity index is 912. The molecule has 0 radical (unpaired) electrons. The fourth-order valence-corrected chi connectivity index (χ4v) is 4.43. The normalized spacial score (nSPS) is 15.1. The van der Waals surface area contributed by atoms with Gasteiger partial charge in [-0.3, -0.25) is 9.59 Å². The molecule has 28 heavy (non-hydrogen) atoms. The number of para-hydroxylation sites is 1. The Kier molecular flexibility index (Phi) is 5.68. The average molecular weight is 399 g/mol. The molecule has 2 amide bonds. The van der Waals surface area contributed by atoms with Gasteiger partial charge in [-0.05, 0) is 24.3 Å². The Balaban J connectivity index is 1.20. The fourth-order valence-electron chi connectivity index (χ4n) is 3.39. The quantitative estimate of drug-likeness (QED) is 0.647. The summed E-state index contributed by atoms with van der Waals surface area (Å²) >= 11 is 1.75. The molecule has 2 N–H and O–H groups in total. The fraction of sp³-hybridized carbons (Fsp3) is 0.350. The van der Waals surface area contributed by atoms with Gasteiger partial charge in [-0.25, -0.2) is 4.98 Å². The van der Waals surface area contributed by atoms with Crippen molar-refractivity contribution in [3.05, 3.63) is 53.4 Å². The van der Waals surface area contributed by atoms with E-state index in [-0.39, 0.29) is 17.6 Å². The SMILES string of the molecule is O=C(NCCC(=O)N1CC[NH+](Cc2nc3ccccc3s2)CC1)c1ccco1. The summed E-state index contributed by atoms with van der Waals surface area (Å²) in [5, 5.41) is 3.87. The lowest BCUT2D eigenvalue weighted by atomic mass is 10.2. The summed E-state index contributed by atoms with van der Waals surface area (Å²) in [6.45, 7) is 4.54. The third kappa shape index (κ3) is 4.40. The van der Waals surface area contributed by atoms with Crippen LogP contribution in [0.2, 0.25) is 0 Å². The van der Waals surface area contributed by atoms with E-state index < -0.39 is 0 Å². The van der Waals surface area contributed by atoms with E-state index in [0.29, 0.717) is 13.0 Å². The lowest BCUT2D eigenvalue weighted by Crippen LogP contribution is -3.13. The molecule has 1 saturated heterocycles. The number of carbonyl (C=O) groups is 2. The highest BCUT2D eigenvalue weighted by molar-refractivity contribution is 7.18. The maximum absolute atomic E-state index is 12.4. The number of amides is 2. The molecule has 0 aliphatic carbocycles. The number of hydrogen-bond acceptors (Lipinski definition) is 5. The van der Waals surface area contributed by atoms with E-state index in [2.05, 4.69) is 11.4 Å². The van der Waals surface area contributed by atoms with Crippen molar-refractivity contribution >= 4 is 33.4 Å². The predicted molar refractivity (Wildman–Crippen MR) is 106 cm³/mol. The van der Waals surface area contributed by atoms with Crippen LogP contribution in [-0.4, -0.2) is 54.4 Å². The van der Waals surface area contributed by atoms with Gasteiger partial charge in [-0.2, -0.15) is 0 Å². The van der Waals surface area contributed by atoms with Crippen LogP contribution in [0.15, 0.2) is 47.1 Å². The van der Waals surface area contributed by atoms with Gasteiger partial charge >= 0.3 is 0 Å². The molecule has 1 fully saturated rings. The van der Waals surface area contributed by atoms with E-state index in [9.17, 15) is 9.59 Å². The molecule has 0 unspecified atom stereocenters. The molecule has 3 aromatic rings. The largest absolute Gasteiger partial charge is 0.459 e. The first-order chi connectivity index (χ1) is 13.7. The van der Waals surface area contributed by atoms with Crippen molar-refractivity contribution < 1.29 is 18.9 Å². The highest BCUT2D eigenvalue weighted by Crippen LogP contribution is 2.20. The summed E-state index contributed by atoms with van der Waals surface area (Å²) in [5.41, 5.74) is 1.06. The van der Waals surface area contributed by atoms with E-state index in [0.717, 1.165) is 43.2 Å². The first-order valence-electron chi connectivity index (χ1n) is 9.46. The van der Waals surface area contributed by atoms with Crippen molar-refractivity contribution in [3.63, 3.8) is 0 Å². The predicted octanol–water partition coefficient (Wildman–Crippen LogP) is 0.937. The standard InChI is InChI=1S/C20H22N4O3S/c25-19(7-8-21-20(26)16-5-3-13-27-16)24-11-9-23(10-12-24)14-18-22-15-4-1-2-6-17(15)28-18/h1-6,13H,7-12,14H2,(H,21,26)/p+1. The zero-order valence-corrected chi connectivity index (χ0v) is 16.3. The van der Waals surface area contributed by atoms with Gasteiger partial charge in [0.15, 0.2) is 5.76 Å². The minimum atomic E-state index is -0.289. The van der Waals surface area contributed by atoms with Gasteiger partial charge in [0.25, 0.3) is 5.91 Å². The molecule has 1 aliphatic rings. The second kappa shape index (κ2) is 8.53. The molecule has 3 heterocycles. The minimum absolute atomic E-state index is 0.0822. The van der Waals surface area contributed by atoms with E-state index in [1.54, 1.807) is 23.5 Å². The average Bonchev–Trinajstić information content (AvgIpc) is 3.38. The Morgan fingerprint density at radius 3 is 2.75 bits per heavy atom. The molecule has 4 rings (SSSR count). The number of carbonyl (C=O) groups excluding carboxylic acids is 2. The second-order valence-corrected chi connectivity index (χ2v) is 7.98. The Morgan fingerprint density at radius 1 is 1.18 bits per heavy atom. The maximum Gasteiger partial charge on any atom is 0.286 e. The van der Waals surface area contributed by atoms with Gasteiger partial charge in [0.05, 0.1) is 42.7 Å². The molecule has 8 heteroatoms. The molecule has 0 spiro atoms. The van der Waals surface area contributed by atoms with Crippen LogP contribution in [0.5, 0.6) is 0 Å². The van der Waals surface area contributed by atoms with Crippen molar-refractivity contribution in [3.8, 4) is 0 Å². The van der Waals surface area contributed by atoms with Gasteiger partial charge in [-0.15, -0.1) is 11.3 Å². The molecule has 1 aliphatic heterocycles. The minimum Gasteiger partial charge on any atom is -0.459 e. The van der Waals surface area contributed by atoms with Crippen molar-refractivity contribution in [1.29, 1.82) is 0 Å². The van der Waals surface area contributed by atoms with Crippen LogP contribution in [-0.2, 0) is 11.3 Å². The summed E-state index contributed by atoms with van der Waals surface area (Å²) < 4.78 is 6.26. The van der Waals surface area contributed by atoms with Crippen molar-refractivity contribution in [2.24, 2.45) is 0 Å². The molecule has 0 atom stereocenters. The summed E-state index contributed by atoms with van der Waals surface area (Å²) in [7, 11) is 0. The highest BCUT2D eigenvalue weighted by atomic mass is 32.1. The third-order valence-corrected chi connectivity index (χ3v) is 5.97. The number of fused-ring (bicyclic) bond motifs is 1.